The first kappa shape index (κ1) is 24.4. The molecule has 1 fully saturated rings. The van der Waals surface area contributed by atoms with Gasteiger partial charge in [-0.05, 0) is 56.0 Å². The zero-order valence-electron chi connectivity index (χ0n) is 18.6. The topological polar surface area (TPSA) is 58.6 Å². The first-order chi connectivity index (χ1) is 15.4. The van der Waals surface area contributed by atoms with Gasteiger partial charge in [0.15, 0.2) is 6.61 Å². The Balaban J connectivity index is 1.77. The third-order valence-corrected chi connectivity index (χ3v) is 6.55. The Kier molecular flexibility index (Phi) is 8.83. The molecule has 2 aromatic rings. The van der Waals surface area contributed by atoms with Crippen molar-refractivity contribution < 1.29 is 14.3 Å². The first-order valence-electron chi connectivity index (χ1n) is 11.1. The molecule has 0 aliphatic heterocycles. The van der Waals surface area contributed by atoms with Crippen molar-refractivity contribution in [2.45, 2.75) is 64.6 Å². The fourth-order valence-electron chi connectivity index (χ4n) is 3.98. The number of ether oxygens (including phenoxy) is 1. The van der Waals surface area contributed by atoms with E-state index >= 15 is 0 Å². The largest absolute Gasteiger partial charge is 0.484 e. The van der Waals surface area contributed by atoms with Crippen molar-refractivity contribution in [1.82, 2.24) is 10.2 Å². The van der Waals surface area contributed by atoms with Gasteiger partial charge in [-0.3, -0.25) is 9.59 Å². The van der Waals surface area contributed by atoms with Crippen LogP contribution in [0.25, 0.3) is 0 Å². The Morgan fingerprint density at radius 1 is 1.09 bits per heavy atom. The van der Waals surface area contributed by atoms with Crippen molar-refractivity contribution in [2.75, 3.05) is 6.61 Å². The van der Waals surface area contributed by atoms with Gasteiger partial charge in [0.05, 0.1) is 10.0 Å². The summed E-state index contributed by atoms with van der Waals surface area (Å²) in [4.78, 5) is 27.9. The third-order valence-electron chi connectivity index (χ3n) is 5.81. The Hall–Kier alpha value is -2.24. The number of carbonyl (C=O) groups excluding carboxylic acids is 2. The number of hydrogen-bond acceptors (Lipinski definition) is 3. The van der Waals surface area contributed by atoms with Crippen LogP contribution in [0.1, 0.15) is 50.2 Å². The molecule has 7 heteroatoms. The average Bonchev–Trinajstić information content (AvgIpc) is 3.28. The van der Waals surface area contributed by atoms with Crippen LogP contribution in [0.3, 0.4) is 0 Å². The molecule has 0 heterocycles. The maximum absolute atomic E-state index is 13.2. The van der Waals surface area contributed by atoms with Crippen LogP contribution in [-0.4, -0.2) is 35.4 Å². The molecule has 0 spiro atoms. The van der Waals surface area contributed by atoms with E-state index in [0.29, 0.717) is 22.2 Å². The summed E-state index contributed by atoms with van der Waals surface area (Å²) in [6.07, 6.45) is 4.71. The fraction of sp³-hybridized carbons (Fsp3) is 0.440. The van der Waals surface area contributed by atoms with Crippen LogP contribution in [0.4, 0.5) is 0 Å². The van der Waals surface area contributed by atoms with E-state index in [1.807, 2.05) is 44.2 Å². The molecular formula is C25H30Cl2N2O3. The summed E-state index contributed by atoms with van der Waals surface area (Å²) in [5.41, 5.74) is 1.91. The molecule has 5 nitrogen and oxygen atoms in total. The van der Waals surface area contributed by atoms with E-state index in [2.05, 4.69) is 5.32 Å². The zero-order chi connectivity index (χ0) is 23.1. The average molecular weight is 477 g/mol. The highest BCUT2D eigenvalue weighted by molar-refractivity contribution is 6.42. The molecule has 1 aliphatic carbocycles. The van der Waals surface area contributed by atoms with Crippen LogP contribution in [0.5, 0.6) is 5.75 Å². The number of amides is 2. The van der Waals surface area contributed by atoms with Gasteiger partial charge in [-0.25, -0.2) is 0 Å². The number of hydrogen-bond donors (Lipinski definition) is 1. The molecule has 1 atom stereocenters. The van der Waals surface area contributed by atoms with E-state index in [-0.39, 0.29) is 31.0 Å². The van der Waals surface area contributed by atoms with Gasteiger partial charge in [-0.1, -0.05) is 66.7 Å². The van der Waals surface area contributed by atoms with Gasteiger partial charge in [0.25, 0.3) is 5.91 Å². The van der Waals surface area contributed by atoms with Crippen LogP contribution < -0.4 is 10.1 Å². The summed E-state index contributed by atoms with van der Waals surface area (Å²) in [6, 6.07) is 12.3. The lowest BCUT2D eigenvalue weighted by atomic mass is 10.1. The summed E-state index contributed by atoms with van der Waals surface area (Å²) in [5, 5.41) is 3.99. The van der Waals surface area contributed by atoms with Crippen molar-refractivity contribution in [2.24, 2.45) is 0 Å². The SMILES string of the molecule is CC[C@H](C(=O)NC1CCCC1)N(Cc1ccc(Cl)c(Cl)c1)C(=O)COc1ccc(C)cc1. The molecule has 0 radical (unpaired) electrons. The normalized spacial score (nSPS) is 14.8. The molecule has 172 valence electrons. The van der Waals surface area contributed by atoms with Crippen LogP contribution >= 0.6 is 23.2 Å². The van der Waals surface area contributed by atoms with Crippen molar-refractivity contribution in [3.8, 4) is 5.75 Å². The number of nitrogens with zero attached hydrogens (tertiary/aromatic N) is 1. The van der Waals surface area contributed by atoms with Gasteiger partial charge in [-0.15, -0.1) is 0 Å². The monoisotopic (exact) mass is 476 g/mol. The highest BCUT2D eigenvalue weighted by atomic mass is 35.5. The molecule has 1 saturated carbocycles. The summed E-state index contributed by atoms with van der Waals surface area (Å²) < 4.78 is 5.72. The first-order valence-corrected chi connectivity index (χ1v) is 11.9. The van der Waals surface area contributed by atoms with E-state index < -0.39 is 6.04 Å². The van der Waals surface area contributed by atoms with E-state index in [1.165, 1.54) is 0 Å². The van der Waals surface area contributed by atoms with Crippen molar-refractivity contribution in [3.63, 3.8) is 0 Å². The van der Waals surface area contributed by atoms with Crippen molar-refractivity contribution in [1.29, 1.82) is 0 Å². The molecule has 0 bridgehead atoms. The molecule has 0 aromatic heterocycles. The maximum atomic E-state index is 13.2. The van der Waals surface area contributed by atoms with Gasteiger partial charge in [0.1, 0.15) is 11.8 Å². The van der Waals surface area contributed by atoms with Gasteiger partial charge in [0.2, 0.25) is 5.91 Å². The fourth-order valence-corrected chi connectivity index (χ4v) is 4.30. The zero-order valence-corrected chi connectivity index (χ0v) is 20.1. The molecule has 1 N–H and O–H groups in total. The molecule has 1 aliphatic rings. The molecule has 3 rings (SSSR count). The Bertz CT molecular complexity index is 927. The van der Waals surface area contributed by atoms with Gasteiger partial charge < -0.3 is 15.0 Å². The van der Waals surface area contributed by atoms with Gasteiger partial charge >= 0.3 is 0 Å². The van der Waals surface area contributed by atoms with Crippen LogP contribution in [-0.2, 0) is 16.1 Å². The summed E-state index contributed by atoms with van der Waals surface area (Å²) in [5.74, 6) is 0.232. The predicted octanol–water partition coefficient (Wildman–Crippen LogP) is 5.55. The Labute approximate surface area is 200 Å². The quantitative estimate of drug-likeness (QED) is 0.516. The minimum absolute atomic E-state index is 0.122. The lowest BCUT2D eigenvalue weighted by molar-refractivity contribution is -0.143. The van der Waals surface area contributed by atoms with Gasteiger partial charge in [-0.2, -0.15) is 0 Å². The highest BCUT2D eigenvalue weighted by Crippen LogP contribution is 2.25. The number of halogens is 2. The second-order valence-corrected chi connectivity index (χ2v) is 9.10. The van der Waals surface area contributed by atoms with Crippen molar-refractivity contribution >= 4 is 35.0 Å². The number of rotatable bonds is 9. The number of aryl methyl sites for hydroxylation is 1. The lowest BCUT2D eigenvalue weighted by Crippen LogP contribution is -2.52. The predicted molar refractivity (Wildman–Crippen MR) is 128 cm³/mol. The minimum Gasteiger partial charge on any atom is -0.484 e. The van der Waals surface area contributed by atoms with Crippen LogP contribution in [0, 0.1) is 6.92 Å². The standard InChI is InChI=1S/C25H30Cl2N2O3/c1-3-23(25(31)28-19-6-4-5-7-19)29(15-18-10-13-21(26)22(27)14-18)24(30)16-32-20-11-8-17(2)9-12-20/h8-14,19,23H,3-7,15-16H2,1-2H3,(H,28,31)/t23-/m1/s1. The smallest absolute Gasteiger partial charge is 0.261 e. The van der Waals surface area contributed by atoms with Crippen LogP contribution in [0.15, 0.2) is 42.5 Å². The van der Waals surface area contributed by atoms with E-state index in [1.54, 1.807) is 17.0 Å². The van der Waals surface area contributed by atoms with E-state index in [9.17, 15) is 9.59 Å². The number of carbonyl (C=O) groups is 2. The van der Waals surface area contributed by atoms with Crippen LogP contribution in [0.2, 0.25) is 10.0 Å². The van der Waals surface area contributed by atoms with Gasteiger partial charge in [0, 0.05) is 12.6 Å². The molecule has 2 amide bonds. The third kappa shape index (κ3) is 6.63. The summed E-state index contributed by atoms with van der Waals surface area (Å²) in [7, 11) is 0. The Morgan fingerprint density at radius 3 is 2.41 bits per heavy atom. The number of nitrogens with one attached hydrogen (secondary N) is 1. The maximum Gasteiger partial charge on any atom is 0.261 e. The van der Waals surface area contributed by atoms with E-state index in [0.717, 1.165) is 36.8 Å². The molecule has 0 saturated heterocycles. The molecule has 32 heavy (non-hydrogen) atoms. The summed E-state index contributed by atoms with van der Waals surface area (Å²) >= 11 is 12.2. The highest BCUT2D eigenvalue weighted by Gasteiger charge is 2.31. The van der Waals surface area contributed by atoms with Crippen molar-refractivity contribution in [3.05, 3.63) is 63.6 Å². The van der Waals surface area contributed by atoms with E-state index in [4.69, 9.17) is 27.9 Å². The second-order valence-electron chi connectivity index (χ2n) is 8.29. The molecular weight excluding hydrogens is 447 g/mol. The Morgan fingerprint density at radius 2 is 1.78 bits per heavy atom. The molecule has 0 unspecified atom stereocenters. The lowest BCUT2D eigenvalue weighted by Gasteiger charge is -2.31. The summed E-state index contributed by atoms with van der Waals surface area (Å²) in [6.45, 7) is 3.98. The minimum atomic E-state index is -0.598. The molecule has 2 aromatic carbocycles. The number of benzene rings is 2. The second kappa shape index (κ2) is 11.6.